The van der Waals surface area contributed by atoms with Crippen LogP contribution >= 0.6 is 11.6 Å². The Hall–Kier alpha value is -1.66. The molecule has 0 radical (unpaired) electrons. The smallest absolute Gasteiger partial charge is 0.320 e. The fraction of sp³-hybridized carbons (Fsp3) is 0.429. The molecule has 1 N–H and O–H groups in total. The van der Waals surface area contributed by atoms with E-state index in [1.807, 2.05) is 0 Å². The molecule has 2 rings (SSSR count). The lowest BCUT2D eigenvalue weighted by atomic mass is 10.1. The van der Waals surface area contributed by atoms with E-state index in [0.29, 0.717) is 26.2 Å². The van der Waals surface area contributed by atoms with Crippen molar-refractivity contribution in [2.45, 2.75) is 13.0 Å². The quantitative estimate of drug-likeness (QED) is 0.922. The second-order valence-corrected chi connectivity index (χ2v) is 5.38. The van der Waals surface area contributed by atoms with Gasteiger partial charge in [0.1, 0.15) is 11.9 Å². The number of carboxylic acids is 1. The van der Waals surface area contributed by atoms with Crippen molar-refractivity contribution < 1.29 is 19.1 Å². The van der Waals surface area contributed by atoms with Crippen molar-refractivity contribution in [1.29, 1.82) is 0 Å². The Morgan fingerprint density at radius 2 is 1.90 bits per heavy atom. The maximum atomic E-state index is 13.4. The first-order chi connectivity index (χ1) is 9.90. The molecule has 1 atom stereocenters. The summed E-state index contributed by atoms with van der Waals surface area (Å²) in [4.78, 5) is 26.6. The molecule has 1 aromatic carbocycles. The van der Waals surface area contributed by atoms with Gasteiger partial charge in [0, 0.05) is 31.7 Å². The molecule has 5 nitrogen and oxygen atoms in total. The first-order valence-corrected chi connectivity index (χ1v) is 6.99. The van der Waals surface area contributed by atoms with Crippen LogP contribution in [0.4, 0.5) is 4.39 Å². The molecule has 0 bridgehead atoms. The van der Waals surface area contributed by atoms with Crippen LogP contribution in [0.3, 0.4) is 0 Å². The van der Waals surface area contributed by atoms with Crippen LogP contribution < -0.4 is 0 Å². The van der Waals surface area contributed by atoms with Crippen LogP contribution in [0.1, 0.15) is 17.3 Å². The maximum Gasteiger partial charge on any atom is 0.320 e. The van der Waals surface area contributed by atoms with Gasteiger partial charge in [-0.2, -0.15) is 0 Å². The van der Waals surface area contributed by atoms with Crippen molar-refractivity contribution in [1.82, 2.24) is 9.80 Å². The fourth-order valence-corrected chi connectivity index (χ4v) is 2.40. The summed E-state index contributed by atoms with van der Waals surface area (Å²) < 4.78 is 13.4. The van der Waals surface area contributed by atoms with Gasteiger partial charge < -0.3 is 10.0 Å². The van der Waals surface area contributed by atoms with Crippen molar-refractivity contribution >= 4 is 23.5 Å². The Morgan fingerprint density at radius 3 is 2.43 bits per heavy atom. The molecule has 0 saturated carbocycles. The van der Waals surface area contributed by atoms with E-state index >= 15 is 0 Å². The van der Waals surface area contributed by atoms with Gasteiger partial charge in [0.2, 0.25) is 0 Å². The van der Waals surface area contributed by atoms with E-state index in [-0.39, 0.29) is 16.5 Å². The van der Waals surface area contributed by atoms with Crippen molar-refractivity contribution in [2.75, 3.05) is 26.2 Å². The van der Waals surface area contributed by atoms with E-state index in [9.17, 15) is 14.0 Å². The fourth-order valence-electron chi connectivity index (χ4n) is 2.28. The van der Waals surface area contributed by atoms with Gasteiger partial charge in [0.25, 0.3) is 5.91 Å². The van der Waals surface area contributed by atoms with Gasteiger partial charge in [0.05, 0.1) is 5.02 Å². The van der Waals surface area contributed by atoms with E-state index in [2.05, 4.69) is 0 Å². The van der Waals surface area contributed by atoms with Crippen molar-refractivity contribution in [3.8, 4) is 0 Å². The number of amides is 1. The lowest BCUT2D eigenvalue weighted by Gasteiger charge is -2.36. The molecule has 21 heavy (non-hydrogen) atoms. The largest absolute Gasteiger partial charge is 0.480 e. The summed E-state index contributed by atoms with van der Waals surface area (Å²) >= 11 is 5.59. The van der Waals surface area contributed by atoms with Crippen LogP contribution in [0, 0.1) is 5.82 Å². The van der Waals surface area contributed by atoms with Crippen molar-refractivity contribution in [3.05, 3.63) is 34.6 Å². The number of carbonyl (C=O) groups is 2. The minimum atomic E-state index is -0.880. The molecule has 1 aliphatic rings. The molecular formula is C14H16ClFN2O3. The van der Waals surface area contributed by atoms with Crippen LogP contribution in [0.25, 0.3) is 0 Å². The number of hydrogen-bond acceptors (Lipinski definition) is 3. The lowest BCUT2D eigenvalue weighted by Crippen LogP contribution is -2.53. The number of piperazine rings is 1. The molecule has 1 aromatic rings. The van der Waals surface area contributed by atoms with Crippen LogP contribution in [-0.2, 0) is 4.79 Å². The molecule has 1 fully saturated rings. The predicted octanol–water partition coefficient (Wildman–Crippen LogP) is 1.71. The second-order valence-electron chi connectivity index (χ2n) is 4.97. The molecule has 7 heteroatoms. The molecule has 114 valence electrons. The summed E-state index contributed by atoms with van der Waals surface area (Å²) in [5.74, 6) is -1.77. The third-order valence-electron chi connectivity index (χ3n) is 3.67. The Morgan fingerprint density at radius 1 is 1.29 bits per heavy atom. The molecule has 0 aromatic heterocycles. The van der Waals surface area contributed by atoms with E-state index in [0.717, 1.165) is 6.07 Å². The van der Waals surface area contributed by atoms with Gasteiger partial charge >= 0.3 is 5.97 Å². The molecule has 1 saturated heterocycles. The Labute approximate surface area is 126 Å². The van der Waals surface area contributed by atoms with Gasteiger partial charge in [-0.25, -0.2) is 4.39 Å². The summed E-state index contributed by atoms with van der Waals surface area (Å²) in [5, 5.41) is 8.95. The van der Waals surface area contributed by atoms with Crippen molar-refractivity contribution in [2.24, 2.45) is 0 Å². The van der Waals surface area contributed by atoms with E-state index in [1.165, 1.54) is 12.1 Å². The minimum Gasteiger partial charge on any atom is -0.480 e. The normalized spacial score (nSPS) is 17.6. The van der Waals surface area contributed by atoms with E-state index < -0.39 is 17.8 Å². The number of aliphatic carboxylic acids is 1. The molecule has 1 amide bonds. The van der Waals surface area contributed by atoms with Crippen LogP contribution in [-0.4, -0.2) is 59.0 Å². The maximum absolute atomic E-state index is 13.4. The van der Waals surface area contributed by atoms with Gasteiger partial charge in [-0.05, 0) is 25.1 Å². The van der Waals surface area contributed by atoms with Crippen LogP contribution in [0.2, 0.25) is 5.02 Å². The predicted molar refractivity (Wildman–Crippen MR) is 76.0 cm³/mol. The zero-order chi connectivity index (χ0) is 15.6. The average molecular weight is 315 g/mol. The van der Waals surface area contributed by atoms with Gasteiger partial charge in [-0.1, -0.05) is 11.6 Å². The highest BCUT2D eigenvalue weighted by Crippen LogP contribution is 2.17. The molecule has 0 aliphatic carbocycles. The molecule has 1 heterocycles. The van der Waals surface area contributed by atoms with E-state index in [4.69, 9.17) is 16.7 Å². The number of nitrogens with zero attached hydrogens (tertiary/aromatic N) is 2. The standard InChI is InChI=1S/C14H16ClFN2O3/c1-9(14(20)21)17-4-6-18(7-5-17)13(19)10-2-3-11(15)12(16)8-10/h2-3,8-9H,4-7H2,1H3,(H,20,21). The summed E-state index contributed by atoms with van der Waals surface area (Å²) in [6.45, 7) is 3.42. The Kier molecular flexibility index (Phi) is 4.80. The third-order valence-corrected chi connectivity index (χ3v) is 3.98. The third kappa shape index (κ3) is 3.51. The summed E-state index contributed by atoms with van der Waals surface area (Å²) in [6, 6.07) is 3.39. The highest BCUT2D eigenvalue weighted by Gasteiger charge is 2.27. The van der Waals surface area contributed by atoms with Gasteiger partial charge in [-0.15, -0.1) is 0 Å². The number of carbonyl (C=O) groups excluding carboxylic acids is 1. The first kappa shape index (κ1) is 15.7. The number of halogens is 2. The number of carboxylic acid groups (broad SMARTS) is 1. The summed E-state index contributed by atoms with van der Waals surface area (Å²) in [7, 11) is 0. The van der Waals surface area contributed by atoms with Crippen LogP contribution in [0.5, 0.6) is 0 Å². The van der Waals surface area contributed by atoms with Gasteiger partial charge in [0.15, 0.2) is 0 Å². The molecular weight excluding hydrogens is 299 g/mol. The van der Waals surface area contributed by atoms with Gasteiger partial charge in [-0.3, -0.25) is 14.5 Å². The molecule has 1 unspecified atom stereocenters. The average Bonchev–Trinajstić information content (AvgIpc) is 2.48. The second kappa shape index (κ2) is 6.41. The number of benzene rings is 1. The topological polar surface area (TPSA) is 60.9 Å². The summed E-state index contributed by atoms with van der Waals surface area (Å²) in [6.07, 6.45) is 0. The monoisotopic (exact) mass is 314 g/mol. The van der Waals surface area contributed by atoms with E-state index in [1.54, 1.807) is 16.7 Å². The van der Waals surface area contributed by atoms with Crippen molar-refractivity contribution in [3.63, 3.8) is 0 Å². The molecule has 0 spiro atoms. The summed E-state index contributed by atoms with van der Waals surface area (Å²) in [5.41, 5.74) is 0.247. The Balaban J connectivity index is 2.00. The zero-order valence-corrected chi connectivity index (χ0v) is 12.3. The molecule has 1 aliphatic heterocycles. The minimum absolute atomic E-state index is 0.0216. The first-order valence-electron chi connectivity index (χ1n) is 6.61. The van der Waals surface area contributed by atoms with Crippen LogP contribution in [0.15, 0.2) is 18.2 Å². The number of rotatable bonds is 3. The highest BCUT2D eigenvalue weighted by molar-refractivity contribution is 6.30. The number of hydrogen-bond donors (Lipinski definition) is 1. The lowest BCUT2D eigenvalue weighted by molar-refractivity contribution is -0.143. The SMILES string of the molecule is CC(C(=O)O)N1CCN(C(=O)c2ccc(Cl)c(F)c2)CC1. The highest BCUT2D eigenvalue weighted by atomic mass is 35.5. The Bertz CT molecular complexity index is 559. The zero-order valence-electron chi connectivity index (χ0n) is 11.6.